The van der Waals surface area contributed by atoms with Crippen LogP contribution in [0.4, 0.5) is 5.88 Å². The van der Waals surface area contributed by atoms with Gasteiger partial charge in [0.15, 0.2) is 0 Å². The quantitative estimate of drug-likeness (QED) is 0.832. The predicted octanol–water partition coefficient (Wildman–Crippen LogP) is 3.44. The number of hydrogen-bond donors (Lipinski definition) is 1. The number of nitrogens with one attached hydrogen (secondary N) is 1. The topological polar surface area (TPSA) is 67.6 Å². The molecule has 1 heterocycles. The Morgan fingerprint density at radius 3 is 2.52 bits per heavy atom. The Morgan fingerprint density at radius 2 is 1.96 bits per heavy atom. The van der Waals surface area contributed by atoms with Crippen molar-refractivity contribution in [1.29, 1.82) is 0 Å². The average Bonchev–Trinajstić information content (AvgIpc) is 2.98. The van der Waals surface area contributed by atoms with Crippen molar-refractivity contribution in [2.75, 3.05) is 25.5 Å². The Balaban J connectivity index is 1.84. The van der Waals surface area contributed by atoms with Gasteiger partial charge in [0, 0.05) is 18.0 Å². The Bertz CT molecular complexity index is 687. The highest BCUT2D eigenvalue weighted by Gasteiger charge is 2.19. The fraction of sp³-hybridized carbons (Fsp3) is 0.474. The number of anilines is 1. The molecule has 0 aliphatic heterocycles. The van der Waals surface area contributed by atoms with Crippen LogP contribution < -0.4 is 10.1 Å². The van der Waals surface area contributed by atoms with Gasteiger partial charge in [0.2, 0.25) is 11.8 Å². The molecule has 0 radical (unpaired) electrons. The third-order valence-electron chi connectivity index (χ3n) is 3.64. The van der Waals surface area contributed by atoms with E-state index in [9.17, 15) is 4.79 Å². The molecule has 6 heteroatoms. The zero-order valence-corrected chi connectivity index (χ0v) is 15.6. The molecule has 136 valence electrons. The fourth-order valence-electron chi connectivity index (χ4n) is 2.33. The molecule has 1 N–H and O–H groups in total. The van der Waals surface area contributed by atoms with Crippen molar-refractivity contribution in [1.82, 2.24) is 10.1 Å². The number of rotatable bonds is 7. The van der Waals surface area contributed by atoms with E-state index >= 15 is 0 Å². The lowest BCUT2D eigenvalue weighted by Crippen LogP contribution is -2.29. The zero-order valence-electron chi connectivity index (χ0n) is 15.6. The summed E-state index contributed by atoms with van der Waals surface area (Å²) in [6.45, 7) is 9.67. The van der Waals surface area contributed by atoms with Gasteiger partial charge in [0.1, 0.15) is 5.75 Å². The van der Waals surface area contributed by atoms with Gasteiger partial charge in [-0.25, -0.2) is 0 Å². The van der Waals surface area contributed by atoms with Gasteiger partial charge in [-0.3, -0.25) is 15.0 Å². The van der Waals surface area contributed by atoms with E-state index in [-0.39, 0.29) is 17.9 Å². The Morgan fingerprint density at radius 1 is 1.28 bits per heavy atom. The number of carbonyl (C=O) groups is 1. The molecule has 0 unspecified atom stereocenters. The maximum Gasteiger partial charge on any atom is 0.240 e. The van der Waals surface area contributed by atoms with Gasteiger partial charge < -0.3 is 9.26 Å². The van der Waals surface area contributed by atoms with E-state index in [4.69, 9.17) is 9.26 Å². The molecule has 0 saturated heterocycles. The zero-order chi connectivity index (χ0) is 18.4. The summed E-state index contributed by atoms with van der Waals surface area (Å²) >= 11 is 0. The van der Waals surface area contributed by atoms with Crippen molar-refractivity contribution in [2.45, 2.75) is 39.7 Å². The van der Waals surface area contributed by atoms with Crippen molar-refractivity contribution >= 4 is 11.8 Å². The van der Waals surface area contributed by atoms with Crippen LogP contribution >= 0.6 is 0 Å². The molecule has 0 bridgehead atoms. The lowest BCUT2D eigenvalue weighted by atomic mass is 9.92. The molecule has 0 spiro atoms. The molecule has 0 atom stereocenters. The van der Waals surface area contributed by atoms with Gasteiger partial charge in [0.25, 0.3) is 0 Å². The lowest BCUT2D eigenvalue weighted by molar-refractivity contribution is -0.117. The molecule has 0 saturated carbocycles. The smallest absolute Gasteiger partial charge is 0.240 e. The number of aromatic nitrogens is 1. The number of carbonyl (C=O) groups excluding carboxylic acids is 1. The first-order valence-corrected chi connectivity index (χ1v) is 8.45. The van der Waals surface area contributed by atoms with Crippen molar-refractivity contribution in [3.05, 3.63) is 41.6 Å². The summed E-state index contributed by atoms with van der Waals surface area (Å²) in [7, 11) is 1.90. The summed E-state index contributed by atoms with van der Waals surface area (Å²) in [6.07, 6.45) is 0. The van der Waals surface area contributed by atoms with E-state index in [1.54, 1.807) is 6.07 Å². The van der Waals surface area contributed by atoms with E-state index < -0.39 is 0 Å². The van der Waals surface area contributed by atoms with Crippen LogP contribution in [0.2, 0.25) is 0 Å². The second-order valence-corrected chi connectivity index (χ2v) is 7.12. The highest BCUT2D eigenvalue weighted by Crippen LogP contribution is 2.23. The molecule has 1 amide bonds. The second-order valence-electron chi connectivity index (χ2n) is 7.12. The van der Waals surface area contributed by atoms with Crippen molar-refractivity contribution in [3.63, 3.8) is 0 Å². The van der Waals surface area contributed by atoms with Crippen LogP contribution in [0.25, 0.3) is 0 Å². The van der Waals surface area contributed by atoms with Gasteiger partial charge in [0.05, 0.1) is 18.8 Å². The molecular formula is C19H27N3O3. The minimum Gasteiger partial charge on any atom is -0.494 e. The molecule has 1 aromatic heterocycles. The summed E-state index contributed by atoms with van der Waals surface area (Å²) in [4.78, 5) is 14.1. The summed E-state index contributed by atoms with van der Waals surface area (Å²) in [6, 6.07) is 9.66. The fourth-order valence-corrected chi connectivity index (χ4v) is 2.33. The first-order valence-electron chi connectivity index (χ1n) is 8.45. The Labute approximate surface area is 149 Å². The summed E-state index contributed by atoms with van der Waals surface area (Å²) in [5.74, 6) is 1.10. The largest absolute Gasteiger partial charge is 0.494 e. The van der Waals surface area contributed by atoms with Crippen molar-refractivity contribution < 1.29 is 14.1 Å². The molecule has 2 aromatic rings. The predicted molar refractivity (Wildman–Crippen MR) is 97.8 cm³/mol. The number of benzene rings is 1. The Kier molecular flexibility index (Phi) is 6.20. The van der Waals surface area contributed by atoms with E-state index in [0.717, 1.165) is 17.0 Å². The van der Waals surface area contributed by atoms with Gasteiger partial charge in [-0.2, -0.15) is 0 Å². The maximum absolute atomic E-state index is 12.2. The van der Waals surface area contributed by atoms with Gasteiger partial charge in [-0.05, 0) is 31.7 Å². The number of hydrogen-bond acceptors (Lipinski definition) is 5. The number of ether oxygens (including phenoxy) is 1. The standard InChI is InChI=1S/C19H27N3O3/c1-6-24-15-9-7-14(8-10-15)12-22(5)13-17(23)20-18-11-16(21-25-18)19(2,3)4/h7-11H,6,12-13H2,1-5H3,(H,20,23). The monoisotopic (exact) mass is 345 g/mol. The highest BCUT2D eigenvalue weighted by molar-refractivity contribution is 5.90. The van der Waals surface area contributed by atoms with Crippen LogP contribution in [0, 0.1) is 0 Å². The van der Waals surface area contributed by atoms with Crippen LogP contribution in [0.3, 0.4) is 0 Å². The average molecular weight is 345 g/mol. The van der Waals surface area contributed by atoms with Gasteiger partial charge in [-0.1, -0.05) is 38.1 Å². The third-order valence-corrected chi connectivity index (χ3v) is 3.64. The van der Waals surface area contributed by atoms with E-state index in [1.807, 2.05) is 63.9 Å². The van der Waals surface area contributed by atoms with Crippen LogP contribution in [0.1, 0.15) is 39.0 Å². The van der Waals surface area contributed by atoms with E-state index in [1.165, 1.54) is 0 Å². The molecular weight excluding hydrogens is 318 g/mol. The third kappa shape index (κ3) is 5.90. The maximum atomic E-state index is 12.2. The van der Waals surface area contributed by atoms with Crippen LogP contribution in [0.5, 0.6) is 5.75 Å². The minimum atomic E-state index is -0.134. The first-order chi connectivity index (χ1) is 11.8. The summed E-state index contributed by atoms with van der Waals surface area (Å²) < 4.78 is 10.6. The number of amides is 1. The van der Waals surface area contributed by atoms with Gasteiger partial charge in [-0.15, -0.1) is 0 Å². The van der Waals surface area contributed by atoms with Crippen molar-refractivity contribution in [2.24, 2.45) is 0 Å². The van der Waals surface area contributed by atoms with Crippen LogP contribution in [-0.2, 0) is 16.8 Å². The van der Waals surface area contributed by atoms with Crippen molar-refractivity contribution in [3.8, 4) is 5.75 Å². The number of likely N-dealkylation sites (N-methyl/N-ethyl adjacent to an activating group) is 1. The normalized spacial score (nSPS) is 11.6. The summed E-state index contributed by atoms with van der Waals surface area (Å²) in [5, 5.41) is 6.74. The molecule has 1 aromatic carbocycles. The number of nitrogens with zero attached hydrogens (tertiary/aromatic N) is 2. The Hall–Kier alpha value is -2.34. The molecule has 25 heavy (non-hydrogen) atoms. The van der Waals surface area contributed by atoms with E-state index in [2.05, 4.69) is 10.5 Å². The molecule has 0 aliphatic carbocycles. The second kappa shape index (κ2) is 8.16. The van der Waals surface area contributed by atoms with E-state index in [0.29, 0.717) is 19.0 Å². The van der Waals surface area contributed by atoms with Crippen LogP contribution in [-0.4, -0.2) is 36.2 Å². The summed E-state index contributed by atoms with van der Waals surface area (Å²) in [5.41, 5.74) is 1.82. The molecule has 0 fully saturated rings. The lowest BCUT2D eigenvalue weighted by Gasteiger charge is -2.16. The SMILES string of the molecule is CCOc1ccc(CN(C)CC(=O)Nc2cc(C(C)(C)C)no2)cc1. The highest BCUT2D eigenvalue weighted by atomic mass is 16.5. The minimum absolute atomic E-state index is 0.114. The van der Waals surface area contributed by atoms with Crippen LogP contribution in [0.15, 0.2) is 34.9 Å². The van der Waals surface area contributed by atoms with Gasteiger partial charge >= 0.3 is 0 Å². The molecule has 0 aliphatic rings. The molecule has 2 rings (SSSR count). The molecule has 6 nitrogen and oxygen atoms in total. The first kappa shape index (κ1) is 19.0.